The lowest BCUT2D eigenvalue weighted by Gasteiger charge is -2.40. The average molecular weight is 396 g/mol. The van der Waals surface area contributed by atoms with Crippen molar-refractivity contribution < 1.29 is 14.7 Å². The fourth-order valence-corrected chi connectivity index (χ4v) is 3.81. The molecule has 2 amide bonds. The third kappa shape index (κ3) is 5.15. The van der Waals surface area contributed by atoms with E-state index in [0.29, 0.717) is 13.1 Å². The van der Waals surface area contributed by atoms with Gasteiger partial charge in [-0.15, -0.1) is 0 Å². The van der Waals surface area contributed by atoms with E-state index in [0.717, 1.165) is 13.1 Å². The Morgan fingerprint density at radius 2 is 1.34 bits per heavy atom. The van der Waals surface area contributed by atoms with Crippen LogP contribution in [0.15, 0.2) is 60.7 Å². The number of amides is 2. The van der Waals surface area contributed by atoms with Crippen molar-refractivity contribution in [1.82, 2.24) is 15.1 Å². The molecule has 0 radical (unpaired) electrons. The number of hydrogen-bond acceptors (Lipinski definition) is 3. The number of carboxylic acid groups (broad SMARTS) is 1. The van der Waals surface area contributed by atoms with Crippen molar-refractivity contribution >= 4 is 12.0 Å². The number of piperazine rings is 1. The number of nitrogens with one attached hydrogen (secondary N) is 1. The van der Waals surface area contributed by atoms with E-state index in [9.17, 15) is 14.7 Å². The van der Waals surface area contributed by atoms with Crippen LogP contribution in [0, 0.1) is 5.92 Å². The fourth-order valence-electron chi connectivity index (χ4n) is 3.81. The van der Waals surface area contributed by atoms with Gasteiger partial charge in [0.25, 0.3) is 0 Å². The van der Waals surface area contributed by atoms with Gasteiger partial charge in [0.2, 0.25) is 0 Å². The second-order valence-corrected chi connectivity index (χ2v) is 7.76. The molecule has 6 heteroatoms. The maximum Gasteiger partial charge on any atom is 0.326 e. The minimum atomic E-state index is -1.000. The summed E-state index contributed by atoms with van der Waals surface area (Å²) in [5.41, 5.74) is 2.45. The van der Waals surface area contributed by atoms with Gasteiger partial charge in [0.05, 0.1) is 6.04 Å². The molecular weight excluding hydrogens is 366 g/mol. The van der Waals surface area contributed by atoms with Gasteiger partial charge in [-0.05, 0) is 17.0 Å². The molecule has 0 aromatic heterocycles. The molecule has 1 saturated heterocycles. The van der Waals surface area contributed by atoms with E-state index >= 15 is 0 Å². The second-order valence-electron chi connectivity index (χ2n) is 7.76. The fraction of sp³-hybridized carbons (Fsp3) is 0.391. The molecule has 2 aromatic carbocycles. The summed E-state index contributed by atoms with van der Waals surface area (Å²) in [5.74, 6) is -1.17. The lowest BCUT2D eigenvalue weighted by atomic mass is 9.96. The number of urea groups is 1. The van der Waals surface area contributed by atoms with Crippen LogP contribution in [0.25, 0.3) is 0 Å². The van der Waals surface area contributed by atoms with Gasteiger partial charge < -0.3 is 15.3 Å². The number of benzene rings is 2. The number of carbonyl (C=O) groups is 2. The van der Waals surface area contributed by atoms with E-state index < -0.39 is 12.0 Å². The Labute approximate surface area is 172 Å². The minimum absolute atomic E-state index is 0.130. The summed E-state index contributed by atoms with van der Waals surface area (Å²) >= 11 is 0. The van der Waals surface area contributed by atoms with Crippen LogP contribution in [-0.2, 0) is 4.79 Å². The molecule has 6 nitrogen and oxygen atoms in total. The Hall–Kier alpha value is -2.86. The summed E-state index contributed by atoms with van der Waals surface area (Å²) in [7, 11) is 0. The molecule has 1 fully saturated rings. The molecule has 2 N–H and O–H groups in total. The quantitative estimate of drug-likeness (QED) is 0.788. The lowest BCUT2D eigenvalue weighted by Crippen LogP contribution is -2.56. The molecule has 3 rings (SSSR count). The Morgan fingerprint density at radius 1 is 0.862 bits per heavy atom. The number of hydrogen-bond donors (Lipinski definition) is 2. The van der Waals surface area contributed by atoms with Gasteiger partial charge in [0, 0.05) is 26.2 Å². The molecule has 1 aliphatic rings. The van der Waals surface area contributed by atoms with Crippen LogP contribution in [0.3, 0.4) is 0 Å². The third-order valence-corrected chi connectivity index (χ3v) is 5.41. The highest BCUT2D eigenvalue weighted by Crippen LogP contribution is 2.29. The molecule has 1 unspecified atom stereocenters. The van der Waals surface area contributed by atoms with Crippen LogP contribution in [0.5, 0.6) is 0 Å². The largest absolute Gasteiger partial charge is 0.480 e. The first-order valence-electron chi connectivity index (χ1n) is 10.1. The highest BCUT2D eigenvalue weighted by atomic mass is 16.4. The van der Waals surface area contributed by atoms with E-state index in [1.165, 1.54) is 11.1 Å². The average Bonchev–Trinajstić information content (AvgIpc) is 2.73. The summed E-state index contributed by atoms with van der Waals surface area (Å²) in [5, 5.41) is 12.0. The molecule has 0 aliphatic carbocycles. The van der Waals surface area contributed by atoms with Crippen LogP contribution in [0.4, 0.5) is 4.79 Å². The molecular formula is C23H29N3O3. The zero-order valence-electron chi connectivity index (χ0n) is 17.0. The molecule has 154 valence electrons. The van der Waals surface area contributed by atoms with Gasteiger partial charge in [-0.25, -0.2) is 9.59 Å². The number of carbonyl (C=O) groups excluding carboxylic acids is 1. The van der Waals surface area contributed by atoms with Crippen molar-refractivity contribution in [3.05, 3.63) is 71.8 Å². The van der Waals surface area contributed by atoms with Crippen LogP contribution in [-0.4, -0.2) is 59.1 Å². The highest BCUT2D eigenvalue weighted by molar-refractivity contribution is 5.82. The van der Waals surface area contributed by atoms with Crippen molar-refractivity contribution in [1.29, 1.82) is 0 Å². The standard InChI is InChI=1S/C23H29N3O3/c1-17(2)20(22(27)28)24-23(29)26-15-13-25(14-16-26)21(18-9-5-3-6-10-18)19-11-7-4-8-12-19/h3-12,17,20-21H,13-16H2,1-2H3,(H,24,29)(H,27,28). The second kappa shape index (κ2) is 9.56. The van der Waals surface area contributed by atoms with Crippen molar-refractivity contribution in [3.63, 3.8) is 0 Å². The normalized spacial score (nSPS) is 16.1. The predicted octanol–water partition coefficient (Wildman–Crippen LogP) is 3.21. The zero-order valence-corrected chi connectivity index (χ0v) is 17.0. The van der Waals surface area contributed by atoms with E-state index in [1.807, 2.05) is 36.4 Å². The number of nitrogens with zero attached hydrogens (tertiary/aromatic N) is 2. The van der Waals surface area contributed by atoms with Crippen molar-refractivity contribution in [2.45, 2.75) is 25.9 Å². The van der Waals surface area contributed by atoms with Gasteiger partial charge in [0.1, 0.15) is 6.04 Å². The first-order chi connectivity index (χ1) is 14.0. The van der Waals surface area contributed by atoms with Crippen molar-refractivity contribution in [3.8, 4) is 0 Å². The van der Waals surface area contributed by atoms with Gasteiger partial charge in [-0.2, -0.15) is 0 Å². The molecule has 0 bridgehead atoms. The maximum atomic E-state index is 12.6. The van der Waals surface area contributed by atoms with Gasteiger partial charge in [0.15, 0.2) is 0 Å². The monoisotopic (exact) mass is 395 g/mol. The molecule has 1 heterocycles. The summed E-state index contributed by atoms with van der Waals surface area (Å²) in [4.78, 5) is 28.0. The molecule has 2 aromatic rings. The van der Waals surface area contributed by atoms with Crippen molar-refractivity contribution in [2.24, 2.45) is 5.92 Å². The van der Waals surface area contributed by atoms with Crippen molar-refractivity contribution in [2.75, 3.05) is 26.2 Å². The van der Waals surface area contributed by atoms with Crippen LogP contribution in [0.2, 0.25) is 0 Å². The minimum Gasteiger partial charge on any atom is -0.480 e. The van der Waals surface area contributed by atoms with E-state index in [-0.39, 0.29) is 18.0 Å². The first kappa shape index (κ1) is 20.9. The number of carboxylic acids is 1. The van der Waals surface area contributed by atoms with E-state index in [4.69, 9.17) is 0 Å². The summed E-state index contributed by atoms with van der Waals surface area (Å²) in [6.07, 6.45) is 0. The van der Waals surface area contributed by atoms with Crippen LogP contribution < -0.4 is 5.32 Å². The molecule has 1 aliphatic heterocycles. The number of rotatable bonds is 6. The Balaban J connectivity index is 1.69. The summed E-state index contributed by atoms with van der Waals surface area (Å²) in [6.45, 7) is 6.16. The van der Waals surface area contributed by atoms with E-state index in [2.05, 4.69) is 34.5 Å². The summed E-state index contributed by atoms with van der Waals surface area (Å²) in [6, 6.07) is 19.7. The molecule has 1 atom stereocenters. The highest BCUT2D eigenvalue weighted by Gasteiger charge is 2.30. The van der Waals surface area contributed by atoms with Crippen LogP contribution in [0.1, 0.15) is 31.0 Å². The number of aliphatic carboxylic acids is 1. The van der Waals surface area contributed by atoms with Crippen LogP contribution >= 0.6 is 0 Å². The Kier molecular flexibility index (Phi) is 6.88. The smallest absolute Gasteiger partial charge is 0.326 e. The van der Waals surface area contributed by atoms with E-state index in [1.54, 1.807) is 18.7 Å². The first-order valence-corrected chi connectivity index (χ1v) is 10.1. The Bertz CT molecular complexity index is 763. The maximum absolute atomic E-state index is 12.6. The SMILES string of the molecule is CC(C)C(NC(=O)N1CCN(C(c2ccccc2)c2ccccc2)CC1)C(=O)O. The Morgan fingerprint density at radius 3 is 1.76 bits per heavy atom. The zero-order chi connectivity index (χ0) is 20.8. The summed E-state index contributed by atoms with van der Waals surface area (Å²) < 4.78 is 0. The lowest BCUT2D eigenvalue weighted by molar-refractivity contribution is -0.140. The van der Waals surface area contributed by atoms with Gasteiger partial charge in [-0.3, -0.25) is 4.90 Å². The van der Waals surface area contributed by atoms with Gasteiger partial charge in [-0.1, -0.05) is 74.5 Å². The molecule has 29 heavy (non-hydrogen) atoms. The molecule has 0 spiro atoms. The van der Waals surface area contributed by atoms with Gasteiger partial charge >= 0.3 is 12.0 Å². The topological polar surface area (TPSA) is 72.9 Å². The molecule has 0 saturated carbocycles. The third-order valence-electron chi connectivity index (χ3n) is 5.41. The predicted molar refractivity (Wildman–Crippen MR) is 113 cm³/mol.